The molecule has 10 rings (SSSR count). The van der Waals surface area contributed by atoms with E-state index in [1.165, 1.54) is 87.3 Å². The third kappa shape index (κ3) is 4.54. The highest BCUT2D eigenvalue weighted by molar-refractivity contribution is 7.00. The number of hydrogen-bond donors (Lipinski definition) is 0. The molecule has 6 aromatic rings. The number of benzene rings is 6. The SMILES string of the molecule is Cc1cc2c3c(c1)N1c4c(cccc4C4(C)CCCCC14C)B3c1cc(N(c3ccccc3)c3ccccc3)ccc1N2c1cccc(C(C)(C)C)c1. The first-order valence-corrected chi connectivity index (χ1v) is 19.6. The fraction of sp³-hybridized carbons (Fsp3) is 0.265. The lowest BCUT2D eigenvalue weighted by atomic mass is 9.33. The van der Waals surface area contributed by atoms with Crippen LogP contribution in [0.25, 0.3) is 0 Å². The minimum absolute atomic E-state index is 0.00669. The van der Waals surface area contributed by atoms with Crippen LogP contribution in [0.3, 0.4) is 0 Å². The van der Waals surface area contributed by atoms with Crippen LogP contribution in [0.5, 0.6) is 0 Å². The van der Waals surface area contributed by atoms with Gasteiger partial charge in [-0.15, -0.1) is 0 Å². The molecule has 0 saturated heterocycles. The molecule has 2 atom stereocenters. The Morgan fingerprint density at radius 2 is 1.30 bits per heavy atom. The first-order chi connectivity index (χ1) is 25.6. The molecule has 4 aliphatic rings. The normalized spacial score (nSPS) is 20.8. The highest BCUT2D eigenvalue weighted by Gasteiger charge is 2.61. The van der Waals surface area contributed by atoms with Gasteiger partial charge in [0.1, 0.15) is 0 Å². The summed E-state index contributed by atoms with van der Waals surface area (Å²) in [5.41, 5.74) is 18.7. The lowest BCUT2D eigenvalue weighted by molar-refractivity contribution is 0.195. The Balaban J connectivity index is 1.29. The molecule has 1 aliphatic carbocycles. The molecule has 3 heterocycles. The van der Waals surface area contributed by atoms with Crippen LogP contribution in [0.2, 0.25) is 0 Å². The van der Waals surface area contributed by atoms with Crippen LogP contribution < -0.4 is 31.1 Å². The van der Waals surface area contributed by atoms with E-state index in [1.54, 1.807) is 5.56 Å². The van der Waals surface area contributed by atoms with Crippen molar-refractivity contribution in [3.63, 3.8) is 0 Å². The van der Waals surface area contributed by atoms with Gasteiger partial charge in [0.05, 0.1) is 5.54 Å². The van der Waals surface area contributed by atoms with E-state index in [9.17, 15) is 0 Å². The molecule has 53 heavy (non-hydrogen) atoms. The van der Waals surface area contributed by atoms with E-state index in [4.69, 9.17) is 0 Å². The quantitative estimate of drug-likeness (QED) is 0.170. The molecule has 2 unspecified atom stereocenters. The van der Waals surface area contributed by atoms with Gasteiger partial charge in [-0.3, -0.25) is 0 Å². The zero-order valence-corrected chi connectivity index (χ0v) is 31.9. The van der Waals surface area contributed by atoms with Crippen LogP contribution in [0.1, 0.15) is 77.0 Å². The van der Waals surface area contributed by atoms with Gasteiger partial charge in [-0.2, -0.15) is 0 Å². The van der Waals surface area contributed by atoms with Crippen LogP contribution in [-0.4, -0.2) is 12.3 Å². The summed E-state index contributed by atoms with van der Waals surface area (Å²) in [6.45, 7) is 14.5. The van der Waals surface area contributed by atoms with Crippen LogP contribution in [0.15, 0.2) is 133 Å². The van der Waals surface area contributed by atoms with Gasteiger partial charge in [-0.05, 0) is 132 Å². The Labute approximate surface area is 316 Å². The average molecular weight is 690 g/mol. The smallest absolute Gasteiger partial charge is 0.252 e. The Morgan fingerprint density at radius 3 is 2.02 bits per heavy atom. The number of fused-ring (bicyclic) bond motifs is 7. The minimum Gasteiger partial charge on any atom is -0.335 e. The van der Waals surface area contributed by atoms with Crippen molar-refractivity contribution >= 4 is 68.6 Å². The van der Waals surface area contributed by atoms with Crippen LogP contribution in [-0.2, 0) is 10.8 Å². The maximum atomic E-state index is 2.83. The van der Waals surface area contributed by atoms with Crippen molar-refractivity contribution < 1.29 is 0 Å². The molecule has 6 aromatic carbocycles. The molecule has 3 nitrogen and oxygen atoms in total. The van der Waals surface area contributed by atoms with Crippen molar-refractivity contribution in [2.75, 3.05) is 14.7 Å². The first-order valence-electron chi connectivity index (χ1n) is 19.6. The monoisotopic (exact) mass is 689 g/mol. The minimum atomic E-state index is 0.00669. The zero-order valence-electron chi connectivity index (χ0n) is 31.9. The molecule has 0 aromatic heterocycles. The standard InChI is InChI=1S/C49H48BN3/c1-33-29-43-45-44(30-33)53-46-39(48(5)27-13-14-28-49(48,53)6)23-16-24-40(46)50(45)41-32-38(51(35-18-9-7-10-19-35)36-20-11-8-12-21-36)25-26-42(41)52(43)37-22-15-17-34(31-37)47(2,3)4/h7-12,15-26,29-32H,13-14,27-28H2,1-6H3. The second-order valence-corrected chi connectivity index (χ2v) is 17.4. The second kappa shape index (κ2) is 11.4. The van der Waals surface area contributed by atoms with Gasteiger partial charge in [-0.25, -0.2) is 0 Å². The number of rotatable bonds is 4. The summed E-state index contributed by atoms with van der Waals surface area (Å²) >= 11 is 0. The maximum Gasteiger partial charge on any atom is 0.252 e. The molecule has 1 saturated carbocycles. The molecule has 262 valence electrons. The Bertz CT molecular complexity index is 2370. The highest BCUT2D eigenvalue weighted by Crippen LogP contribution is 2.61. The molecule has 1 fully saturated rings. The van der Waals surface area contributed by atoms with Gasteiger partial charge in [0, 0.05) is 50.9 Å². The largest absolute Gasteiger partial charge is 0.335 e. The molecule has 3 aliphatic heterocycles. The molecular formula is C49H48BN3. The van der Waals surface area contributed by atoms with E-state index >= 15 is 0 Å². The molecular weight excluding hydrogens is 641 g/mol. The third-order valence-corrected chi connectivity index (χ3v) is 13.3. The van der Waals surface area contributed by atoms with Gasteiger partial charge in [0.2, 0.25) is 0 Å². The Kier molecular flexibility index (Phi) is 6.97. The van der Waals surface area contributed by atoms with Crippen molar-refractivity contribution in [1.29, 1.82) is 0 Å². The third-order valence-electron chi connectivity index (χ3n) is 13.3. The highest BCUT2D eigenvalue weighted by atomic mass is 15.3. The van der Waals surface area contributed by atoms with Crippen molar-refractivity contribution in [3.8, 4) is 0 Å². The van der Waals surface area contributed by atoms with E-state index in [0.29, 0.717) is 0 Å². The lowest BCUT2D eigenvalue weighted by Gasteiger charge is -2.53. The molecule has 0 amide bonds. The molecule has 0 N–H and O–H groups in total. The summed E-state index contributed by atoms with van der Waals surface area (Å²) in [6, 6.07) is 50.4. The molecule has 4 heteroatoms. The summed E-state index contributed by atoms with van der Waals surface area (Å²) in [5, 5.41) is 0. The summed E-state index contributed by atoms with van der Waals surface area (Å²) in [4.78, 5) is 7.83. The van der Waals surface area contributed by atoms with Crippen molar-refractivity contribution in [2.45, 2.75) is 83.6 Å². The van der Waals surface area contributed by atoms with Crippen molar-refractivity contribution in [2.24, 2.45) is 0 Å². The lowest BCUT2D eigenvalue weighted by Crippen LogP contribution is -2.64. The summed E-state index contributed by atoms with van der Waals surface area (Å²) in [6.07, 6.45) is 4.99. The Hall–Kier alpha value is -5.22. The van der Waals surface area contributed by atoms with E-state index in [2.05, 4.69) is 190 Å². The van der Waals surface area contributed by atoms with Crippen LogP contribution in [0.4, 0.5) is 45.5 Å². The van der Waals surface area contributed by atoms with E-state index < -0.39 is 0 Å². The first kappa shape index (κ1) is 32.4. The van der Waals surface area contributed by atoms with Gasteiger partial charge in [-0.1, -0.05) is 107 Å². The number of hydrogen-bond acceptors (Lipinski definition) is 3. The number of nitrogens with zero attached hydrogens (tertiary/aromatic N) is 3. The van der Waals surface area contributed by atoms with Crippen molar-refractivity contribution in [1.82, 2.24) is 0 Å². The van der Waals surface area contributed by atoms with E-state index in [1.807, 2.05) is 0 Å². The maximum absolute atomic E-state index is 2.83. The van der Waals surface area contributed by atoms with Gasteiger partial charge >= 0.3 is 0 Å². The predicted octanol–water partition coefficient (Wildman–Crippen LogP) is 11.1. The fourth-order valence-electron chi connectivity index (χ4n) is 10.5. The summed E-state index contributed by atoms with van der Waals surface area (Å²) < 4.78 is 0. The second-order valence-electron chi connectivity index (χ2n) is 17.4. The van der Waals surface area contributed by atoms with Crippen LogP contribution in [0, 0.1) is 6.92 Å². The molecule has 0 bridgehead atoms. The number of anilines is 8. The van der Waals surface area contributed by atoms with Gasteiger partial charge in [0.25, 0.3) is 6.71 Å². The fourth-order valence-corrected chi connectivity index (χ4v) is 10.5. The molecule has 0 spiro atoms. The van der Waals surface area contributed by atoms with E-state index in [-0.39, 0.29) is 23.1 Å². The van der Waals surface area contributed by atoms with Crippen LogP contribution >= 0.6 is 0 Å². The van der Waals surface area contributed by atoms with Crippen molar-refractivity contribution in [3.05, 3.63) is 150 Å². The Morgan fingerprint density at radius 1 is 0.623 bits per heavy atom. The number of para-hydroxylation sites is 3. The van der Waals surface area contributed by atoms with Gasteiger partial charge < -0.3 is 14.7 Å². The zero-order chi connectivity index (χ0) is 36.3. The topological polar surface area (TPSA) is 9.72 Å². The molecule has 0 radical (unpaired) electrons. The summed E-state index contributed by atoms with van der Waals surface area (Å²) in [5.74, 6) is 0. The average Bonchev–Trinajstić information content (AvgIpc) is 3.38. The number of aryl methyl sites for hydroxylation is 1. The summed E-state index contributed by atoms with van der Waals surface area (Å²) in [7, 11) is 0. The van der Waals surface area contributed by atoms with E-state index in [0.717, 1.165) is 11.4 Å². The predicted molar refractivity (Wildman–Crippen MR) is 227 cm³/mol. The van der Waals surface area contributed by atoms with Gasteiger partial charge in [0.15, 0.2) is 0 Å².